The van der Waals surface area contributed by atoms with Gasteiger partial charge in [-0.15, -0.1) is 0 Å². The van der Waals surface area contributed by atoms with Crippen molar-refractivity contribution in [1.29, 1.82) is 0 Å². The Morgan fingerprint density at radius 3 is 1.74 bits per heavy atom. The molecule has 10 heteroatoms. The molecule has 0 saturated heterocycles. The SMILES string of the molecule is Cc1ccc(CCC(=O)N(CCOCCOCCOCCOCCOCCOC(=O)NC(C)(C)C)C2CCCCC2)cc1. The molecule has 1 aliphatic rings. The minimum atomic E-state index is -0.448. The number of alkyl carbamates (subject to hydrolysis) is 1. The zero-order chi connectivity index (χ0) is 31.2. The molecule has 1 aromatic rings. The molecule has 0 radical (unpaired) electrons. The molecule has 2 amide bonds. The second kappa shape index (κ2) is 22.3. The molecule has 0 aromatic heterocycles. The zero-order valence-electron chi connectivity index (χ0n) is 27.0. The lowest BCUT2D eigenvalue weighted by atomic mass is 9.93. The smallest absolute Gasteiger partial charge is 0.407 e. The fourth-order valence-corrected chi connectivity index (χ4v) is 4.73. The number of amides is 2. The predicted molar refractivity (Wildman–Crippen MR) is 166 cm³/mol. The highest BCUT2D eigenvalue weighted by Gasteiger charge is 2.25. The van der Waals surface area contributed by atoms with Crippen molar-refractivity contribution in [3.05, 3.63) is 35.4 Å². The highest BCUT2D eigenvalue weighted by atomic mass is 16.6. The van der Waals surface area contributed by atoms with Crippen LogP contribution in [0.1, 0.15) is 70.4 Å². The molecule has 43 heavy (non-hydrogen) atoms. The third kappa shape index (κ3) is 18.9. The summed E-state index contributed by atoms with van der Waals surface area (Å²) in [5, 5.41) is 2.72. The molecule has 0 bridgehead atoms. The normalized spacial score (nSPS) is 14.0. The van der Waals surface area contributed by atoms with Crippen LogP contribution in [0.25, 0.3) is 0 Å². The van der Waals surface area contributed by atoms with Crippen LogP contribution < -0.4 is 5.32 Å². The maximum Gasteiger partial charge on any atom is 0.407 e. The van der Waals surface area contributed by atoms with E-state index in [1.54, 1.807) is 0 Å². The largest absolute Gasteiger partial charge is 0.447 e. The summed E-state index contributed by atoms with van der Waals surface area (Å²) in [4.78, 5) is 26.7. The van der Waals surface area contributed by atoms with Crippen molar-refractivity contribution in [1.82, 2.24) is 10.2 Å². The van der Waals surface area contributed by atoms with E-state index in [1.165, 1.54) is 30.4 Å². The Balaban J connectivity index is 1.42. The lowest BCUT2D eigenvalue weighted by molar-refractivity contribution is -0.135. The second-order valence-corrected chi connectivity index (χ2v) is 11.9. The van der Waals surface area contributed by atoms with Gasteiger partial charge in [0.2, 0.25) is 5.91 Å². The first-order valence-electron chi connectivity index (χ1n) is 15.9. The van der Waals surface area contributed by atoms with E-state index in [0.717, 1.165) is 19.3 Å². The van der Waals surface area contributed by atoms with E-state index < -0.39 is 6.09 Å². The third-order valence-electron chi connectivity index (χ3n) is 6.99. The van der Waals surface area contributed by atoms with Gasteiger partial charge in [0.05, 0.1) is 66.1 Å². The minimum Gasteiger partial charge on any atom is -0.447 e. The van der Waals surface area contributed by atoms with Crippen LogP contribution in [0.4, 0.5) is 4.79 Å². The number of hydrogen-bond acceptors (Lipinski definition) is 8. The van der Waals surface area contributed by atoms with Crippen LogP contribution in [0.2, 0.25) is 0 Å². The van der Waals surface area contributed by atoms with E-state index in [9.17, 15) is 9.59 Å². The molecule has 0 spiro atoms. The van der Waals surface area contributed by atoms with Gasteiger partial charge in [-0.2, -0.15) is 0 Å². The van der Waals surface area contributed by atoms with Gasteiger partial charge in [-0.1, -0.05) is 49.1 Å². The predicted octanol–water partition coefficient (Wildman–Crippen LogP) is 4.70. The molecule has 10 nitrogen and oxygen atoms in total. The van der Waals surface area contributed by atoms with Gasteiger partial charge in [0.15, 0.2) is 0 Å². The number of aryl methyl sites for hydroxylation is 2. The average molecular weight is 609 g/mol. The molecule has 246 valence electrons. The molecule has 0 unspecified atom stereocenters. The lowest BCUT2D eigenvalue weighted by Gasteiger charge is -2.34. The Morgan fingerprint density at radius 1 is 0.744 bits per heavy atom. The number of rotatable bonds is 22. The van der Waals surface area contributed by atoms with E-state index >= 15 is 0 Å². The van der Waals surface area contributed by atoms with Crippen LogP contribution >= 0.6 is 0 Å². The highest BCUT2D eigenvalue weighted by Crippen LogP contribution is 2.23. The van der Waals surface area contributed by atoms with Gasteiger partial charge in [-0.3, -0.25) is 4.79 Å². The van der Waals surface area contributed by atoms with E-state index in [1.807, 2.05) is 20.8 Å². The summed E-state index contributed by atoms with van der Waals surface area (Å²) in [5.41, 5.74) is 2.12. The fourth-order valence-electron chi connectivity index (χ4n) is 4.73. The Kier molecular flexibility index (Phi) is 19.2. The summed E-state index contributed by atoms with van der Waals surface area (Å²) in [5.74, 6) is 0.230. The van der Waals surface area contributed by atoms with Gasteiger partial charge in [-0.25, -0.2) is 4.79 Å². The molecule has 0 aliphatic heterocycles. The monoisotopic (exact) mass is 608 g/mol. The van der Waals surface area contributed by atoms with Gasteiger partial charge in [0, 0.05) is 24.5 Å². The molecule has 1 aromatic carbocycles. The van der Waals surface area contributed by atoms with Gasteiger partial charge >= 0.3 is 6.09 Å². The van der Waals surface area contributed by atoms with E-state index in [-0.39, 0.29) is 18.1 Å². The first-order valence-corrected chi connectivity index (χ1v) is 15.9. The number of carbonyl (C=O) groups excluding carboxylic acids is 2. The third-order valence-corrected chi connectivity index (χ3v) is 6.99. The van der Waals surface area contributed by atoms with Crippen molar-refractivity contribution in [2.45, 2.75) is 84.2 Å². The zero-order valence-corrected chi connectivity index (χ0v) is 27.0. The summed E-state index contributed by atoms with van der Waals surface area (Å²) in [6, 6.07) is 8.77. The minimum absolute atomic E-state index is 0.198. The maximum atomic E-state index is 13.1. The first kappa shape index (κ1) is 36.9. The van der Waals surface area contributed by atoms with Gasteiger partial charge in [0.25, 0.3) is 0 Å². The number of nitrogens with one attached hydrogen (secondary N) is 1. The number of carbonyl (C=O) groups is 2. The van der Waals surface area contributed by atoms with Gasteiger partial charge in [-0.05, 0) is 52.5 Å². The van der Waals surface area contributed by atoms with Gasteiger partial charge in [0.1, 0.15) is 6.61 Å². The fraction of sp³-hybridized carbons (Fsp3) is 0.758. The molecule has 1 saturated carbocycles. The number of nitrogens with zero attached hydrogens (tertiary/aromatic N) is 1. The van der Waals surface area contributed by atoms with Crippen LogP contribution in [0, 0.1) is 6.92 Å². The first-order chi connectivity index (χ1) is 20.7. The standard InChI is InChI=1S/C33H56N2O8/c1-28-10-12-29(13-11-28)14-15-31(36)35(30-8-6-5-7-9-30)16-17-38-18-19-39-20-21-40-22-23-41-24-25-42-26-27-43-32(37)34-33(2,3)4/h10-13,30H,5-9,14-27H2,1-4H3,(H,34,37). The lowest BCUT2D eigenvalue weighted by Crippen LogP contribution is -2.43. The van der Waals surface area contributed by atoms with E-state index in [2.05, 4.69) is 41.4 Å². The Bertz CT molecular complexity index is 869. The molecule has 0 atom stereocenters. The number of ether oxygens (including phenoxy) is 6. The van der Waals surface area contributed by atoms with Crippen molar-refractivity contribution in [2.24, 2.45) is 0 Å². The van der Waals surface area contributed by atoms with Gasteiger partial charge < -0.3 is 38.6 Å². The quantitative estimate of drug-likeness (QED) is 0.189. The van der Waals surface area contributed by atoms with Crippen molar-refractivity contribution in [3.8, 4) is 0 Å². The van der Waals surface area contributed by atoms with Crippen molar-refractivity contribution >= 4 is 12.0 Å². The highest BCUT2D eigenvalue weighted by molar-refractivity contribution is 5.76. The van der Waals surface area contributed by atoms with Crippen molar-refractivity contribution in [2.75, 3.05) is 79.2 Å². The summed E-state index contributed by atoms with van der Waals surface area (Å²) >= 11 is 0. The Hall–Kier alpha value is -2.24. The summed E-state index contributed by atoms with van der Waals surface area (Å²) in [7, 11) is 0. The van der Waals surface area contributed by atoms with Crippen molar-refractivity contribution in [3.63, 3.8) is 0 Å². The van der Waals surface area contributed by atoms with E-state index in [0.29, 0.717) is 85.1 Å². The van der Waals surface area contributed by atoms with Crippen LogP contribution in [0.3, 0.4) is 0 Å². The average Bonchev–Trinajstić information content (AvgIpc) is 2.97. The maximum absolute atomic E-state index is 13.1. The molecule has 1 fully saturated rings. The van der Waals surface area contributed by atoms with E-state index in [4.69, 9.17) is 28.4 Å². The molecular formula is C33H56N2O8. The van der Waals surface area contributed by atoms with Crippen LogP contribution in [0.15, 0.2) is 24.3 Å². The topological polar surface area (TPSA) is 105 Å². The molecule has 1 N–H and O–H groups in total. The summed E-state index contributed by atoms with van der Waals surface area (Å²) in [6.07, 6.45) is 6.70. The second-order valence-electron chi connectivity index (χ2n) is 11.9. The van der Waals surface area contributed by atoms with Crippen LogP contribution in [0.5, 0.6) is 0 Å². The van der Waals surface area contributed by atoms with Crippen molar-refractivity contribution < 1.29 is 38.0 Å². The van der Waals surface area contributed by atoms with Crippen LogP contribution in [-0.4, -0.2) is 108 Å². The molecular weight excluding hydrogens is 552 g/mol. The number of hydrogen-bond donors (Lipinski definition) is 1. The molecule has 2 rings (SSSR count). The van der Waals surface area contributed by atoms with Crippen LogP contribution in [-0.2, 0) is 39.6 Å². The summed E-state index contributed by atoms with van der Waals surface area (Å²) in [6.45, 7) is 13.2. The molecule has 1 aliphatic carbocycles. The Morgan fingerprint density at radius 2 is 1.23 bits per heavy atom. The number of benzene rings is 1. The Labute approximate surface area is 259 Å². The summed E-state index contributed by atoms with van der Waals surface area (Å²) < 4.78 is 32.8. The molecule has 0 heterocycles.